The van der Waals surface area contributed by atoms with Crippen LogP contribution in [0.5, 0.6) is 5.88 Å². The standard InChI is InChI=1S/C19H23F2N3O/c1-6-24(5)11-22-18-7-12(2)19(23-13(18)3)25-14(4)15-8-16(20)10-17(21)9-15/h7-11,14H,6H2,1-5H3/t14-/m1/s1. The molecule has 25 heavy (non-hydrogen) atoms. The van der Waals surface area contributed by atoms with Gasteiger partial charge >= 0.3 is 0 Å². The van der Waals surface area contributed by atoms with E-state index in [2.05, 4.69) is 9.98 Å². The van der Waals surface area contributed by atoms with Gasteiger partial charge in [0.05, 0.1) is 17.7 Å². The number of pyridine rings is 1. The average Bonchev–Trinajstić information content (AvgIpc) is 2.55. The second-order valence-electron chi connectivity index (χ2n) is 6.00. The summed E-state index contributed by atoms with van der Waals surface area (Å²) in [6.07, 6.45) is 1.22. The first-order chi connectivity index (χ1) is 11.8. The highest BCUT2D eigenvalue weighted by Crippen LogP contribution is 2.28. The molecule has 0 unspecified atom stereocenters. The van der Waals surface area contributed by atoms with E-state index in [9.17, 15) is 8.78 Å². The molecule has 2 aromatic rings. The van der Waals surface area contributed by atoms with E-state index in [1.54, 1.807) is 13.3 Å². The Labute approximate surface area is 147 Å². The lowest BCUT2D eigenvalue weighted by atomic mass is 10.1. The predicted molar refractivity (Wildman–Crippen MR) is 95.6 cm³/mol. The second kappa shape index (κ2) is 8.05. The molecule has 2 rings (SSSR count). The van der Waals surface area contributed by atoms with E-state index in [0.29, 0.717) is 11.4 Å². The lowest BCUT2D eigenvalue weighted by Crippen LogP contribution is -2.14. The molecule has 0 aliphatic rings. The Morgan fingerprint density at radius 1 is 1.20 bits per heavy atom. The van der Waals surface area contributed by atoms with Gasteiger partial charge in [-0.2, -0.15) is 0 Å². The smallest absolute Gasteiger partial charge is 0.217 e. The molecule has 0 saturated carbocycles. The van der Waals surface area contributed by atoms with Crippen LogP contribution < -0.4 is 4.74 Å². The second-order valence-corrected chi connectivity index (χ2v) is 6.00. The molecule has 6 heteroatoms. The topological polar surface area (TPSA) is 37.7 Å². The minimum atomic E-state index is -0.629. The number of aromatic nitrogens is 1. The number of nitrogens with zero attached hydrogens (tertiary/aromatic N) is 3. The van der Waals surface area contributed by atoms with Crippen molar-refractivity contribution in [3.05, 3.63) is 52.7 Å². The van der Waals surface area contributed by atoms with Crippen LogP contribution >= 0.6 is 0 Å². The number of hydrogen-bond donors (Lipinski definition) is 0. The van der Waals surface area contributed by atoms with Crippen molar-refractivity contribution in [3.63, 3.8) is 0 Å². The summed E-state index contributed by atoms with van der Waals surface area (Å²) in [5.74, 6) is -0.829. The maximum absolute atomic E-state index is 13.4. The van der Waals surface area contributed by atoms with Crippen molar-refractivity contribution in [2.24, 2.45) is 4.99 Å². The molecule has 0 amide bonds. The first-order valence-corrected chi connectivity index (χ1v) is 8.15. The van der Waals surface area contributed by atoms with Gasteiger partial charge in [0.25, 0.3) is 0 Å². The van der Waals surface area contributed by atoms with Crippen LogP contribution in [-0.4, -0.2) is 29.8 Å². The van der Waals surface area contributed by atoms with Crippen molar-refractivity contribution < 1.29 is 13.5 Å². The van der Waals surface area contributed by atoms with Gasteiger partial charge in [0, 0.05) is 25.2 Å². The fourth-order valence-corrected chi connectivity index (χ4v) is 2.21. The molecule has 0 aliphatic carbocycles. The van der Waals surface area contributed by atoms with Gasteiger partial charge in [-0.05, 0) is 51.5 Å². The minimum Gasteiger partial charge on any atom is -0.470 e. The summed E-state index contributed by atoms with van der Waals surface area (Å²) in [7, 11) is 1.94. The number of ether oxygens (including phenoxy) is 1. The molecule has 0 fully saturated rings. The summed E-state index contributed by atoms with van der Waals surface area (Å²) in [5, 5.41) is 0. The molecule has 0 radical (unpaired) electrons. The molecule has 134 valence electrons. The van der Waals surface area contributed by atoms with Crippen molar-refractivity contribution >= 4 is 12.0 Å². The van der Waals surface area contributed by atoms with Gasteiger partial charge in [0.1, 0.15) is 17.7 Å². The highest BCUT2D eigenvalue weighted by molar-refractivity contribution is 5.62. The zero-order valence-corrected chi connectivity index (χ0v) is 15.2. The third kappa shape index (κ3) is 4.98. The summed E-state index contributed by atoms with van der Waals surface area (Å²) < 4.78 is 32.6. The van der Waals surface area contributed by atoms with Crippen molar-refractivity contribution in [3.8, 4) is 5.88 Å². The number of hydrogen-bond acceptors (Lipinski definition) is 3. The minimum absolute atomic E-state index is 0.419. The SMILES string of the molecule is CCN(C)C=Nc1cc(C)c(O[C@H](C)c2cc(F)cc(F)c2)nc1C. The van der Waals surface area contributed by atoms with E-state index in [1.165, 1.54) is 12.1 Å². The van der Waals surface area contributed by atoms with E-state index < -0.39 is 17.7 Å². The van der Waals surface area contributed by atoms with Gasteiger partial charge in [-0.1, -0.05) is 0 Å². The maximum Gasteiger partial charge on any atom is 0.217 e. The van der Waals surface area contributed by atoms with Gasteiger partial charge in [0.15, 0.2) is 0 Å². The fourth-order valence-electron chi connectivity index (χ4n) is 2.21. The van der Waals surface area contributed by atoms with Crippen molar-refractivity contribution in [1.29, 1.82) is 0 Å². The highest BCUT2D eigenvalue weighted by atomic mass is 19.1. The summed E-state index contributed by atoms with van der Waals surface area (Å²) >= 11 is 0. The molecule has 0 bridgehead atoms. The Hall–Kier alpha value is -2.50. The Bertz CT molecular complexity index is 757. The third-order valence-electron chi connectivity index (χ3n) is 3.87. The van der Waals surface area contributed by atoms with Gasteiger partial charge in [-0.15, -0.1) is 0 Å². The first-order valence-electron chi connectivity index (χ1n) is 8.15. The Morgan fingerprint density at radius 2 is 1.84 bits per heavy atom. The van der Waals surface area contributed by atoms with Crippen LogP contribution in [-0.2, 0) is 0 Å². The maximum atomic E-state index is 13.4. The quantitative estimate of drug-likeness (QED) is 0.560. The summed E-state index contributed by atoms with van der Waals surface area (Å²) in [6.45, 7) is 8.33. The zero-order chi connectivity index (χ0) is 18.6. The number of aryl methyl sites for hydroxylation is 2. The van der Waals surface area contributed by atoms with Crippen LogP contribution in [0.1, 0.15) is 36.8 Å². The molecule has 0 saturated heterocycles. The molecule has 1 atom stereocenters. The average molecular weight is 347 g/mol. The summed E-state index contributed by atoms with van der Waals surface area (Å²) in [5.41, 5.74) is 2.71. The summed E-state index contributed by atoms with van der Waals surface area (Å²) in [6, 6.07) is 5.24. The van der Waals surface area contributed by atoms with E-state index >= 15 is 0 Å². The first kappa shape index (κ1) is 18.8. The lowest BCUT2D eigenvalue weighted by molar-refractivity contribution is 0.214. The monoisotopic (exact) mass is 347 g/mol. The molecule has 1 aromatic heterocycles. The molecular weight excluding hydrogens is 324 g/mol. The van der Waals surface area contributed by atoms with E-state index in [4.69, 9.17) is 4.74 Å². The highest BCUT2D eigenvalue weighted by Gasteiger charge is 2.14. The van der Waals surface area contributed by atoms with Crippen LogP contribution in [0.15, 0.2) is 29.3 Å². The molecular formula is C19H23F2N3O. The molecule has 0 spiro atoms. The zero-order valence-electron chi connectivity index (χ0n) is 15.2. The molecule has 1 heterocycles. The Morgan fingerprint density at radius 3 is 2.44 bits per heavy atom. The fraction of sp³-hybridized carbons (Fsp3) is 0.368. The van der Waals surface area contributed by atoms with Crippen LogP contribution in [0.3, 0.4) is 0 Å². The van der Waals surface area contributed by atoms with Crippen molar-refractivity contribution in [1.82, 2.24) is 9.88 Å². The largest absolute Gasteiger partial charge is 0.470 e. The normalized spacial score (nSPS) is 12.4. The van der Waals surface area contributed by atoms with Gasteiger partial charge < -0.3 is 9.64 Å². The van der Waals surface area contributed by atoms with Gasteiger partial charge in [-0.25, -0.2) is 18.8 Å². The van der Waals surface area contributed by atoms with Gasteiger partial charge in [0.2, 0.25) is 5.88 Å². The number of benzene rings is 1. The summed E-state index contributed by atoms with van der Waals surface area (Å²) in [4.78, 5) is 10.8. The molecule has 0 aliphatic heterocycles. The van der Waals surface area contributed by atoms with E-state index in [1.807, 2.05) is 38.8 Å². The van der Waals surface area contributed by atoms with Crippen LogP contribution in [0.2, 0.25) is 0 Å². The van der Waals surface area contributed by atoms with Crippen LogP contribution in [0.4, 0.5) is 14.5 Å². The van der Waals surface area contributed by atoms with Crippen LogP contribution in [0, 0.1) is 25.5 Å². The third-order valence-corrected chi connectivity index (χ3v) is 3.87. The lowest BCUT2D eigenvalue weighted by Gasteiger charge is -2.17. The molecule has 0 N–H and O–H groups in total. The van der Waals surface area contributed by atoms with E-state index in [-0.39, 0.29) is 0 Å². The number of aliphatic imine (C=N–C) groups is 1. The predicted octanol–water partition coefficient (Wildman–Crippen LogP) is 4.73. The molecule has 1 aromatic carbocycles. The van der Waals surface area contributed by atoms with E-state index in [0.717, 1.165) is 29.6 Å². The van der Waals surface area contributed by atoms with Crippen LogP contribution in [0.25, 0.3) is 0 Å². The Kier molecular flexibility index (Phi) is 6.07. The van der Waals surface area contributed by atoms with Crippen molar-refractivity contribution in [2.75, 3.05) is 13.6 Å². The number of halogens is 2. The number of rotatable bonds is 6. The Balaban J connectivity index is 2.22. The van der Waals surface area contributed by atoms with Gasteiger partial charge in [-0.3, -0.25) is 0 Å². The van der Waals surface area contributed by atoms with Crippen molar-refractivity contribution in [2.45, 2.75) is 33.8 Å². The molecule has 4 nitrogen and oxygen atoms in total.